The van der Waals surface area contributed by atoms with Crippen LogP contribution in [0.25, 0.3) is 0 Å². The number of rotatable bonds is 3. The maximum Gasteiger partial charge on any atom is 1.00 e. The number of hydrogen-bond donors (Lipinski definition) is 0. The van der Waals surface area contributed by atoms with Crippen LogP contribution in [0, 0.1) is 0 Å². The van der Waals surface area contributed by atoms with E-state index < -0.39 is 0 Å². The second-order valence-electron chi connectivity index (χ2n) is 3.71. The second kappa shape index (κ2) is 10.2. The van der Waals surface area contributed by atoms with E-state index in [-0.39, 0.29) is 29.6 Å². The maximum atomic E-state index is 5.40. The van der Waals surface area contributed by atoms with Crippen LogP contribution in [0.15, 0.2) is 0 Å². The Morgan fingerprint density at radius 2 is 1.71 bits per heavy atom. The topological polar surface area (TPSA) is 6.48 Å². The summed E-state index contributed by atoms with van der Waals surface area (Å²) in [4.78, 5) is 4.33. The zero-order valence-electron chi connectivity index (χ0n) is 10.5. The molecule has 0 aromatic carbocycles. The Labute approximate surface area is 147 Å². The average molecular weight is 317 g/mol. The zero-order valence-corrected chi connectivity index (χ0v) is 15.7. The van der Waals surface area contributed by atoms with E-state index in [9.17, 15) is 0 Å². The maximum absolute atomic E-state index is 5.40. The first-order chi connectivity index (χ1) is 7.65. The van der Waals surface area contributed by atoms with E-state index in [1.807, 2.05) is 0 Å². The Morgan fingerprint density at radius 3 is 2.18 bits per heavy atom. The van der Waals surface area contributed by atoms with Crippen molar-refractivity contribution in [1.82, 2.24) is 9.80 Å². The molecule has 1 fully saturated rings. The van der Waals surface area contributed by atoms with Crippen LogP contribution in [0.3, 0.4) is 0 Å². The first-order valence-electron chi connectivity index (χ1n) is 5.52. The van der Waals surface area contributed by atoms with Crippen LogP contribution in [0.2, 0.25) is 0 Å². The summed E-state index contributed by atoms with van der Waals surface area (Å²) >= 11 is 17.2. The van der Waals surface area contributed by atoms with E-state index in [1.54, 1.807) is 11.8 Å². The molecule has 1 heterocycles. The predicted octanol–water partition coefficient (Wildman–Crippen LogP) is -0.742. The van der Waals surface area contributed by atoms with Gasteiger partial charge in [-0.15, -0.1) is 0 Å². The fraction of sp³-hybridized carbons (Fsp3) is 0.800. The van der Waals surface area contributed by atoms with Crippen LogP contribution in [0.4, 0.5) is 0 Å². The smallest absolute Gasteiger partial charge is 0.411 e. The first-order valence-corrected chi connectivity index (χ1v) is 7.73. The van der Waals surface area contributed by atoms with Gasteiger partial charge in [0.15, 0.2) is 0 Å². The number of nitrogens with zero attached hydrogens (tertiary/aromatic N) is 2. The number of piperazine rings is 1. The van der Waals surface area contributed by atoms with Crippen LogP contribution < -0.4 is 29.6 Å². The third-order valence-corrected chi connectivity index (χ3v) is 4.65. The van der Waals surface area contributed by atoms with E-state index in [4.69, 9.17) is 37.1 Å². The van der Waals surface area contributed by atoms with Crippen molar-refractivity contribution in [2.24, 2.45) is 0 Å². The van der Waals surface area contributed by atoms with Crippen molar-refractivity contribution in [3.8, 4) is 0 Å². The minimum Gasteiger partial charge on any atom is -0.411 e. The van der Waals surface area contributed by atoms with Crippen LogP contribution in [0.1, 0.15) is 19.8 Å². The van der Waals surface area contributed by atoms with Crippen LogP contribution >= 0.6 is 36.2 Å². The largest absolute Gasteiger partial charge is 1.00 e. The normalized spacial score (nSPS) is 15.4. The Kier molecular flexibility index (Phi) is 11.0. The molecule has 2 nitrogen and oxygen atoms in total. The average Bonchev–Trinajstić information content (AvgIpc) is 2.29. The minimum atomic E-state index is 0. The molecule has 1 rings (SSSR count). The predicted molar refractivity (Wildman–Crippen MR) is 83.1 cm³/mol. The molecule has 0 radical (unpaired) electrons. The first kappa shape index (κ1) is 18.4. The van der Waals surface area contributed by atoms with Crippen molar-refractivity contribution in [2.45, 2.75) is 19.8 Å². The quantitative estimate of drug-likeness (QED) is 0.291. The molecule has 0 atom stereocenters. The van der Waals surface area contributed by atoms with Gasteiger partial charge in [0, 0.05) is 31.9 Å². The Morgan fingerprint density at radius 1 is 1.18 bits per heavy atom. The van der Waals surface area contributed by atoms with Crippen LogP contribution in [-0.4, -0.2) is 50.4 Å². The van der Waals surface area contributed by atoms with Crippen molar-refractivity contribution in [1.29, 1.82) is 0 Å². The van der Waals surface area contributed by atoms with Crippen molar-refractivity contribution >= 4 is 57.5 Å². The SMILES string of the molecule is CCCCSC(=S)N1CCN(C(=S)[S-])CC1.[Na+]. The summed E-state index contributed by atoms with van der Waals surface area (Å²) < 4.78 is 1.62. The van der Waals surface area contributed by atoms with Crippen molar-refractivity contribution in [3.05, 3.63) is 0 Å². The molecular formula is C10H17N2NaS4. The van der Waals surface area contributed by atoms with Gasteiger partial charge >= 0.3 is 29.6 Å². The molecule has 0 aliphatic carbocycles. The molecule has 0 aromatic rings. The summed E-state index contributed by atoms with van der Waals surface area (Å²) in [5.74, 6) is 1.13. The fourth-order valence-corrected chi connectivity index (χ4v) is 3.24. The van der Waals surface area contributed by atoms with Gasteiger partial charge in [0.2, 0.25) is 0 Å². The van der Waals surface area contributed by atoms with Gasteiger partial charge in [-0.2, -0.15) is 0 Å². The molecule has 0 saturated carbocycles. The van der Waals surface area contributed by atoms with Gasteiger partial charge in [-0.25, -0.2) is 0 Å². The van der Waals surface area contributed by atoms with Gasteiger partial charge in [-0.1, -0.05) is 41.6 Å². The Balaban J connectivity index is 0.00000256. The summed E-state index contributed by atoms with van der Waals surface area (Å²) in [5.41, 5.74) is 0. The third kappa shape index (κ3) is 6.89. The molecular weight excluding hydrogens is 299 g/mol. The van der Waals surface area contributed by atoms with E-state index in [0.717, 1.165) is 36.3 Å². The number of thioether (sulfide) groups is 1. The van der Waals surface area contributed by atoms with Gasteiger partial charge in [0.25, 0.3) is 0 Å². The van der Waals surface area contributed by atoms with E-state index >= 15 is 0 Å². The molecule has 1 aliphatic rings. The molecule has 1 aliphatic heterocycles. The summed E-state index contributed by atoms with van der Waals surface area (Å²) in [6.07, 6.45) is 2.47. The Bertz CT molecular complexity index is 255. The zero-order chi connectivity index (χ0) is 12.0. The van der Waals surface area contributed by atoms with Crippen molar-refractivity contribution < 1.29 is 29.6 Å². The third-order valence-electron chi connectivity index (χ3n) is 2.52. The summed E-state index contributed by atoms with van der Waals surface area (Å²) in [7, 11) is 0. The van der Waals surface area contributed by atoms with Gasteiger partial charge in [-0.3, -0.25) is 0 Å². The van der Waals surface area contributed by atoms with Gasteiger partial charge in [0.1, 0.15) is 4.32 Å². The molecule has 92 valence electrons. The molecule has 0 aromatic heterocycles. The number of unbranched alkanes of at least 4 members (excludes halogenated alkanes) is 1. The van der Waals surface area contributed by atoms with Crippen LogP contribution in [-0.2, 0) is 12.6 Å². The monoisotopic (exact) mass is 316 g/mol. The Hall–Kier alpha value is 1.35. The number of thiocarbonyl (C=S) groups is 2. The molecule has 0 unspecified atom stereocenters. The van der Waals surface area contributed by atoms with Gasteiger partial charge < -0.3 is 34.6 Å². The molecule has 1 saturated heterocycles. The molecule has 0 amide bonds. The van der Waals surface area contributed by atoms with Gasteiger partial charge in [0.05, 0.1) is 0 Å². The van der Waals surface area contributed by atoms with E-state index in [0.29, 0.717) is 4.32 Å². The summed E-state index contributed by atoms with van der Waals surface area (Å²) in [5, 5.41) is 0. The molecule has 0 bridgehead atoms. The van der Waals surface area contributed by atoms with E-state index in [1.165, 1.54) is 12.8 Å². The minimum absolute atomic E-state index is 0. The fourth-order valence-electron chi connectivity index (χ4n) is 1.47. The second-order valence-corrected chi connectivity index (χ2v) is 6.47. The van der Waals surface area contributed by atoms with Crippen LogP contribution in [0.5, 0.6) is 0 Å². The summed E-state index contributed by atoms with van der Waals surface area (Å²) in [6.45, 7) is 5.93. The summed E-state index contributed by atoms with van der Waals surface area (Å²) in [6, 6.07) is 0. The molecule has 0 spiro atoms. The van der Waals surface area contributed by atoms with Gasteiger partial charge in [-0.05, 0) is 6.42 Å². The standard InChI is InChI=1S/C10H18N2S4.Na/c1-2-3-8-16-10(15)12-6-4-11(5-7-12)9(13)14;/h2-8H2,1H3,(H,13,14);/q;+1/p-1. The molecule has 7 heteroatoms. The number of hydrogen-bond acceptors (Lipinski definition) is 4. The van der Waals surface area contributed by atoms with Crippen molar-refractivity contribution in [3.63, 3.8) is 0 Å². The molecule has 17 heavy (non-hydrogen) atoms. The van der Waals surface area contributed by atoms with E-state index in [2.05, 4.69) is 16.7 Å². The van der Waals surface area contributed by atoms with Crippen molar-refractivity contribution in [2.75, 3.05) is 31.9 Å². The molecule has 0 N–H and O–H groups in total.